The number of rotatable bonds is 1. The molecule has 0 amide bonds. The molecule has 1 aliphatic heterocycles. The lowest BCUT2D eigenvalue weighted by molar-refractivity contribution is -0.385. The van der Waals surface area contributed by atoms with Crippen LogP contribution < -0.4 is 5.06 Å². The van der Waals surface area contributed by atoms with E-state index in [2.05, 4.69) is 0 Å². The number of aliphatic hydroxyl groups is 1. The zero-order valence-corrected chi connectivity index (χ0v) is 10.8. The first-order valence-electron chi connectivity index (χ1n) is 5.63. The molecule has 0 aliphatic carbocycles. The van der Waals surface area contributed by atoms with E-state index in [1.165, 1.54) is 19.1 Å². The molecule has 1 unspecified atom stereocenters. The minimum Gasteiger partial charge on any atom is -0.360 e. The van der Waals surface area contributed by atoms with E-state index < -0.39 is 10.7 Å². The Morgan fingerprint density at radius 3 is 2.56 bits per heavy atom. The normalized spacial score (nSPS) is 23.1. The van der Waals surface area contributed by atoms with Gasteiger partial charge in [0.25, 0.3) is 5.69 Å². The highest BCUT2D eigenvalue weighted by molar-refractivity contribution is 5.61. The van der Waals surface area contributed by atoms with Crippen LogP contribution in [0.2, 0.25) is 0 Å². The van der Waals surface area contributed by atoms with Crippen LogP contribution in [0.15, 0.2) is 18.2 Å². The van der Waals surface area contributed by atoms with Gasteiger partial charge in [-0.3, -0.25) is 10.1 Å². The zero-order valence-electron chi connectivity index (χ0n) is 10.8. The molecule has 6 nitrogen and oxygen atoms in total. The summed E-state index contributed by atoms with van der Waals surface area (Å²) in [5.41, 5.74) is 0.642. The minimum absolute atomic E-state index is 0.0617. The van der Waals surface area contributed by atoms with Crippen LogP contribution in [0, 0.1) is 10.1 Å². The van der Waals surface area contributed by atoms with Crippen molar-refractivity contribution in [3.05, 3.63) is 33.9 Å². The Balaban J connectivity index is 2.57. The fraction of sp³-hybridized carbons (Fsp3) is 0.500. The van der Waals surface area contributed by atoms with Crippen LogP contribution in [0.1, 0.15) is 33.3 Å². The Kier molecular flexibility index (Phi) is 2.60. The van der Waals surface area contributed by atoms with Crippen molar-refractivity contribution in [2.75, 3.05) is 5.06 Å². The highest BCUT2D eigenvalue weighted by Gasteiger charge is 2.44. The average Bonchev–Trinajstić information content (AvgIpc) is 2.50. The number of hydroxylamine groups is 1. The van der Waals surface area contributed by atoms with Crippen LogP contribution in [0.5, 0.6) is 0 Å². The van der Waals surface area contributed by atoms with Crippen molar-refractivity contribution in [3.8, 4) is 0 Å². The molecule has 0 aromatic heterocycles. The fourth-order valence-electron chi connectivity index (χ4n) is 1.96. The minimum atomic E-state index is -1.55. The van der Waals surface area contributed by atoms with Crippen LogP contribution in [0.3, 0.4) is 0 Å². The van der Waals surface area contributed by atoms with Gasteiger partial charge in [-0.25, -0.2) is 9.90 Å². The molecule has 0 fully saturated rings. The van der Waals surface area contributed by atoms with E-state index in [0.717, 1.165) is 0 Å². The molecular formula is C12H16N2O4. The predicted molar refractivity (Wildman–Crippen MR) is 66.0 cm³/mol. The van der Waals surface area contributed by atoms with E-state index in [9.17, 15) is 15.2 Å². The van der Waals surface area contributed by atoms with E-state index in [0.29, 0.717) is 11.3 Å². The summed E-state index contributed by atoms with van der Waals surface area (Å²) in [5.74, 6) is -1.55. The Morgan fingerprint density at radius 1 is 1.44 bits per heavy atom. The molecule has 98 valence electrons. The van der Waals surface area contributed by atoms with Crippen molar-refractivity contribution in [1.29, 1.82) is 0 Å². The number of nitro benzene ring substituents is 1. The van der Waals surface area contributed by atoms with Gasteiger partial charge in [-0.05, 0) is 33.8 Å². The maximum Gasteiger partial charge on any atom is 0.270 e. The van der Waals surface area contributed by atoms with Gasteiger partial charge in [0, 0.05) is 17.7 Å². The van der Waals surface area contributed by atoms with Crippen molar-refractivity contribution in [2.45, 2.75) is 39.0 Å². The number of fused-ring (bicyclic) bond motifs is 1. The van der Waals surface area contributed by atoms with Gasteiger partial charge in [0.2, 0.25) is 5.79 Å². The number of nitrogens with zero attached hydrogens (tertiary/aromatic N) is 2. The van der Waals surface area contributed by atoms with Gasteiger partial charge in [0.05, 0.1) is 16.1 Å². The molecule has 0 bridgehead atoms. The Morgan fingerprint density at radius 2 is 2.06 bits per heavy atom. The van der Waals surface area contributed by atoms with E-state index in [-0.39, 0.29) is 11.2 Å². The van der Waals surface area contributed by atoms with E-state index in [4.69, 9.17) is 4.84 Å². The third-order valence-corrected chi connectivity index (χ3v) is 2.79. The van der Waals surface area contributed by atoms with Crippen molar-refractivity contribution >= 4 is 11.4 Å². The van der Waals surface area contributed by atoms with Crippen molar-refractivity contribution < 1.29 is 14.9 Å². The van der Waals surface area contributed by atoms with E-state index in [1.807, 2.05) is 20.8 Å². The molecular weight excluding hydrogens is 236 g/mol. The largest absolute Gasteiger partial charge is 0.360 e. The van der Waals surface area contributed by atoms with Crippen molar-refractivity contribution in [2.24, 2.45) is 0 Å². The standard InChI is InChI=1S/C12H16N2O4/c1-11(2,3)13-10-6-5-8(14(16)17)7-9(10)12(4,15)18-13/h5-7,15H,1-4H3. The van der Waals surface area contributed by atoms with Crippen LogP contribution in [-0.2, 0) is 10.6 Å². The molecule has 0 radical (unpaired) electrons. The third-order valence-electron chi connectivity index (χ3n) is 2.79. The summed E-state index contributed by atoms with van der Waals surface area (Å²) >= 11 is 0. The second-order valence-electron chi connectivity index (χ2n) is 5.50. The molecule has 2 rings (SSSR count). The van der Waals surface area contributed by atoms with Gasteiger partial charge in [-0.15, -0.1) is 0 Å². The number of nitro groups is 1. The summed E-state index contributed by atoms with van der Waals surface area (Å²) in [7, 11) is 0. The van der Waals surface area contributed by atoms with Crippen LogP contribution >= 0.6 is 0 Å². The summed E-state index contributed by atoms with van der Waals surface area (Å²) in [5, 5.41) is 22.5. The molecule has 1 aromatic carbocycles. The van der Waals surface area contributed by atoms with Crippen LogP contribution in [0.4, 0.5) is 11.4 Å². The molecule has 1 aliphatic rings. The predicted octanol–water partition coefficient (Wildman–Crippen LogP) is 2.31. The van der Waals surface area contributed by atoms with Crippen molar-refractivity contribution in [3.63, 3.8) is 0 Å². The Bertz CT molecular complexity index is 505. The lowest BCUT2D eigenvalue weighted by atomic mass is 10.0. The maximum atomic E-state index is 10.8. The lowest BCUT2D eigenvalue weighted by Crippen LogP contribution is -2.41. The Labute approximate surface area is 105 Å². The summed E-state index contributed by atoms with van der Waals surface area (Å²) in [4.78, 5) is 15.8. The van der Waals surface area contributed by atoms with Crippen LogP contribution in [-0.4, -0.2) is 15.6 Å². The van der Waals surface area contributed by atoms with Crippen molar-refractivity contribution in [1.82, 2.24) is 0 Å². The molecule has 1 N–H and O–H groups in total. The Hall–Kier alpha value is -1.66. The number of anilines is 1. The van der Waals surface area contributed by atoms with Crippen LogP contribution in [0.25, 0.3) is 0 Å². The molecule has 6 heteroatoms. The molecule has 1 heterocycles. The van der Waals surface area contributed by atoms with Gasteiger partial charge in [-0.2, -0.15) is 0 Å². The van der Waals surface area contributed by atoms with Gasteiger partial charge < -0.3 is 5.11 Å². The van der Waals surface area contributed by atoms with Gasteiger partial charge in [0.15, 0.2) is 0 Å². The number of benzene rings is 1. The average molecular weight is 252 g/mol. The van der Waals surface area contributed by atoms with E-state index in [1.54, 1.807) is 11.1 Å². The second kappa shape index (κ2) is 3.66. The third kappa shape index (κ3) is 1.93. The summed E-state index contributed by atoms with van der Waals surface area (Å²) in [6, 6.07) is 4.35. The van der Waals surface area contributed by atoms with Gasteiger partial charge in [-0.1, -0.05) is 0 Å². The topological polar surface area (TPSA) is 75.8 Å². The SMILES string of the molecule is CC1(O)ON(C(C)(C)C)c2ccc([N+](=O)[O-])cc21. The lowest BCUT2D eigenvalue weighted by Gasteiger charge is -2.33. The highest BCUT2D eigenvalue weighted by atomic mass is 16.8. The number of hydrogen-bond acceptors (Lipinski definition) is 5. The first-order valence-corrected chi connectivity index (χ1v) is 5.63. The molecule has 0 saturated carbocycles. The molecule has 0 spiro atoms. The highest BCUT2D eigenvalue weighted by Crippen LogP contribution is 2.44. The maximum absolute atomic E-state index is 10.8. The summed E-state index contributed by atoms with van der Waals surface area (Å²) in [6.45, 7) is 7.26. The first kappa shape index (κ1) is 12.8. The molecule has 0 saturated heterocycles. The smallest absolute Gasteiger partial charge is 0.270 e. The quantitative estimate of drug-likeness (QED) is 0.613. The fourth-order valence-corrected chi connectivity index (χ4v) is 1.96. The summed E-state index contributed by atoms with van der Waals surface area (Å²) < 4.78 is 0. The number of hydrogen-bond donors (Lipinski definition) is 1. The number of non-ortho nitro benzene ring substituents is 1. The summed E-state index contributed by atoms with van der Waals surface area (Å²) in [6.07, 6.45) is 0. The van der Waals surface area contributed by atoms with E-state index >= 15 is 0 Å². The first-order chi connectivity index (χ1) is 8.13. The monoisotopic (exact) mass is 252 g/mol. The molecule has 1 aromatic rings. The van der Waals surface area contributed by atoms with Gasteiger partial charge >= 0.3 is 0 Å². The molecule has 18 heavy (non-hydrogen) atoms. The second-order valence-corrected chi connectivity index (χ2v) is 5.50. The zero-order chi connectivity index (χ0) is 13.7. The molecule has 1 atom stereocenters. The van der Waals surface area contributed by atoms with Gasteiger partial charge in [0.1, 0.15) is 0 Å².